The van der Waals surface area contributed by atoms with Gasteiger partial charge in [-0.1, -0.05) is 78.9 Å². The first kappa shape index (κ1) is 24.8. The standard InChI is InChI=1S/C38H32N4/c1-41-35-18-5-3-16-33(35)39-37(41)29-13-7-10-25(23-29)26-20-21-32-27(22-26)12-9-15-31(32)28-11-8-14-30(24-28)38-40-34-17-4-6-19-36(34)42(38)2/h3,5,7-16,18,20-24H,4,6,17,19H2,1-2H3. The van der Waals surface area contributed by atoms with Gasteiger partial charge in [-0.2, -0.15) is 0 Å². The summed E-state index contributed by atoms with van der Waals surface area (Å²) in [6.07, 6.45) is 4.72. The lowest BCUT2D eigenvalue weighted by Crippen LogP contribution is -2.05. The van der Waals surface area contributed by atoms with Crippen LogP contribution in [0.2, 0.25) is 0 Å². The number of rotatable bonds is 4. The maximum atomic E-state index is 5.07. The van der Waals surface area contributed by atoms with Gasteiger partial charge in [0.1, 0.15) is 11.6 Å². The molecule has 0 N–H and O–H groups in total. The van der Waals surface area contributed by atoms with Gasteiger partial charge in [0.25, 0.3) is 0 Å². The van der Waals surface area contributed by atoms with Crippen molar-refractivity contribution in [2.24, 2.45) is 14.1 Å². The van der Waals surface area contributed by atoms with Gasteiger partial charge in [-0.3, -0.25) is 0 Å². The molecule has 0 atom stereocenters. The van der Waals surface area contributed by atoms with Crippen molar-refractivity contribution in [2.75, 3.05) is 0 Å². The maximum Gasteiger partial charge on any atom is 0.140 e. The average Bonchev–Trinajstić information content (AvgIpc) is 3.57. The Hall–Kier alpha value is -4.96. The smallest absolute Gasteiger partial charge is 0.140 e. The fourth-order valence-electron chi connectivity index (χ4n) is 6.73. The lowest BCUT2D eigenvalue weighted by Gasteiger charge is -2.12. The fourth-order valence-corrected chi connectivity index (χ4v) is 6.73. The molecule has 2 heterocycles. The molecule has 204 valence electrons. The highest BCUT2D eigenvalue weighted by Crippen LogP contribution is 2.35. The lowest BCUT2D eigenvalue weighted by molar-refractivity contribution is 0.644. The highest BCUT2D eigenvalue weighted by Gasteiger charge is 2.19. The average molecular weight is 545 g/mol. The van der Waals surface area contributed by atoms with Crippen LogP contribution < -0.4 is 0 Å². The van der Waals surface area contributed by atoms with Gasteiger partial charge in [0, 0.05) is 30.9 Å². The van der Waals surface area contributed by atoms with Gasteiger partial charge >= 0.3 is 0 Å². The number of hydrogen-bond acceptors (Lipinski definition) is 2. The highest BCUT2D eigenvalue weighted by atomic mass is 15.1. The zero-order valence-electron chi connectivity index (χ0n) is 24.0. The van der Waals surface area contributed by atoms with E-state index in [0.717, 1.165) is 41.1 Å². The number of imidazole rings is 2. The van der Waals surface area contributed by atoms with Crippen LogP contribution in [-0.4, -0.2) is 19.1 Å². The summed E-state index contributed by atoms with van der Waals surface area (Å²) in [6, 6.07) is 39.3. The molecule has 0 saturated carbocycles. The predicted molar refractivity (Wildman–Crippen MR) is 173 cm³/mol. The minimum absolute atomic E-state index is 0.981. The van der Waals surface area contributed by atoms with E-state index < -0.39 is 0 Å². The van der Waals surface area contributed by atoms with E-state index in [1.165, 1.54) is 62.8 Å². The summed E-state index contributed by atoms with van der Waals surface area (Å²) < 4.78 is 4.49. The Labute approximate surface area is 245 Å². The monoisotopic (exact) mass is 544 g/mol. The van der Waals surface area contributed by atoms with E-state index in [9.17, 15) is 0 Å². The van der Waals surface area contributed by atoms with Crippen LogP contribution in [0, 0.1) is 0 Å². The molecular formula is C38H32N4. The summed E-state index contributed by atoms with van der Waals surface area (Å²) in [5.41, 5.74) is 12.0. The van der Waals surface area contributed by atoms with E-state index in [2.05, 4.69) is 126 Å². The van der Waals surface area contributed by atoms with Gasteiger partial charge < -0.3 is 9.13 Å². The summed E-state index contributed by atoms with van der Waals surface area (Å²) in [5.74, 6) is 2.06. The van der Waals surface area contributed by atoms with E-state index in [1.807, 2.05) is 6.07 Å². The van der Waals surface area contributed by atoms with Crippen molar-refractivity contribution in [2.45, 2.75) is 25.7 Å². The van der Waals surface area contributed by atoms with Crippen molar-refractivity contribution in [3.63, 3.8) is 0 Å². The Morgan fingerprint density at radius 2 is 1.24 bits per heavy atom. The molecule has 1 aliphatic carbocycles. The number of aromatic nitrogens is 4. The van der Waals surface area contributed by atoms with Crippen molar-refractivity contribution in [3.8, 4) is 45.0 Å². The molecule has 1 aliphatic rings. The zero-order valence-corrected chi connectivity index (χ0v) is 24.0. The number of nitrogens with zero attached hydrogens (tertiary/aromatic N) is 4. The summed E-state index contributed by atoms with van der Waals surface area (Å²) in [4.78, 5) is 9.99. The van der Waals surface area contributed by atoms with E-state index in [4.69, 9.17) is 9.97 Å². The highest BCUT2D eigenvalue weighted by molar-refractivity contribution is 5.99. The van der Waals surface area contributed by atoms with Gasteiger partial charge in [-0.15, -0.1) is 0 Å². The lowest BCUT2D eigenvalue weighted by atomic mass is 9.94. The van der Waals surface area contributed by atoms with Crippen molar-refractivity contribution in [3.05, 3.63) is 121 Å². The molecule has 5 aromatic carbocycles. The van der Waals surface area contributed by atoms with Crippen LogP contribution in [0.25, 0.3) is 66.8 Å². The van der Waals surface area contributed by atoms with Gasteiger partial charge in [0.15, 0.2) is 0 Å². The second-order valence-corrected chi connectivity index (χ2v) is 11.5. The van der Waals surface area contributed by atoms with Crippen LogP contribution in [0.1, 0.15) is 24.2 Å². The largest absolute Gasteiger partial charge is 0.331 e. The van der Waals surface area contributed by atoms with Crippen molar-refractivity contribution in [1.29, 1.82) is 0 Å². The molecule has 0 radical (unpaired) electrons. The van der Waals surface area contributed by atoms with Crippen molar-refractivity contribution < 1.29 is 0 Å². The molecule has 4 heteroatoms. The SMILES string of the molecule is Cn1c(-c2cccc(-c3cccc4cc(-c5cccc(-c6nc7ccccc7n6C)c5)ccc34)c2)nc2c1CCCC2. The molecule has 0 bridgehead atoms. The predicted octanol–water partition coefficient (Wildman–Crippen LogP) is 9.01. The number of benzene rings is 5. The van der Waals surface area contributed by atoms with Crippen molar-refractivity contribution >= 4 is 21.8 Å². The van der Waals surface area contributed by atoms with Crippen LogP contribution in [0.4, 0.5) is 0 Å². The summed E-state index contributed by atoms with van der Waals surface area (Å²) in [5, 5.41) is 2.49. The molecule has 42 heavy (non-hydrogen) atoms. The zero-order chi connectivity index (χ0) is 28.2. The molecule has 0 unspecified atom stereocenters. The Bertz CT molecular complexity index is 2130. The Morgan fingerprint density at radius 1 is 0.548 bits per heavy atom. The molecule has 2 aromatic heterocycles. The molecule has 7 aromatic rings. The maximum absolute atomic E-state index is 5.07. The number of fused-ring (bicyclic) bond motifs is 3. The number of aryl methyl sites for hydroxylation is 2. The van der Waals surface area contributed by atoms with Crippen LogP contribution in [0.5, 0.6) is 0 Å². The van der Waals surface area contributed by atoms with Gasteiger partial charge in [-0.05, 0) is 89.0 Å². The van der Waals surface area contributed by atoms with Crippen LogP contribution in [0.15, 0.2) is 109 Å². The first-order valence-corrected chi connectivity index (χ1v) is 14.8. The van der Waals surface area contributed by atoms with Crippen LogP contribution in [0.3, 0.4) is 0 Å². The first-order valence-electron chi connectivity index (χ1n) is 14.8. The van der Waals surface area contributed by atoms with Gasteiger partial charge in [0.2, 0.25) is 0 Å². The normalized spacial score (nSPS) is 13.1. The molecule has 0 saturated heterocycles. The van der Waals surface area contributed by atoms with Gasteiger partial charge in [0.05, 0.1) is 16.7 Å². The Balaban J connectivity index is 1.17. The quantitative estimate of drug-likeness (QED) is 0.222. The van der Waals surface area contributed by atoms with E-state index in [-0.39, 0.29) is 0 Å². The summed E-state index contributed by atoms with van der Waals surface area (Å²) in [6.45, 7) is 0. The number of hydrogen-bond donors (Lipinski definition) is 0. The molecule has 0 amide bonds. The molecule has 0 aliphatic heterocycles. The van der Waals surface area contributed by atoms with E-state index >= 15 is 0 Å². The third kappa shape index (κ3) is 4.06. The minimum atomic E-state index is 0.981. The third-order valence-corrected chi connectivity index (χ3v) is 8.93. The Morgan fingerprint density at radius 3 is 2.07 bits per heavy atom. The molecule has 0 fully saturated rings. The van der Waals surface area contributed by atoms with Crippen molar-refractivity contribution in [1.82, 2.24) is 19.1 Å². The van der Waals surface area contributed by atoms with Crippen LogP contribution in [-0.2, 0) is 26.9 Å². The summed E-state index contributed by atoms with van der Waals surface area (Å²) in [7, 11) is 4.26. The fraction of sp³-hybridized carbons (Fsp3) is 0.158. The second-order valence-electron chi connectivity index (χ2n) is 11.5. The van der Waals surface area contributed by atoms with Gasteiger partial charge in [-0.25, -0.2) is 9.97 Å². The third-order valence-electron chi connectivity index (χ3n) is 8.93. The molecular weight excluding hydrogens is 512 g/mol. The topological polar surface area (TPSA) is 35.6 Å². The second kappa shape index (κ2) is 9.85. The van der Waals surface area contributed by atoms with Crippen LogP contribution >= 0.6 is 0 Å². The van der Waals surface area contributed by atoms with E-state index in [0.29, 0.717) is 0 Å². The molecule has 0 spiro atoms. The Kier molecular flexibility index (Phi) is 5.81. The number of para-hydroxylation sites is 2. The molecule has 4 nitrogen and oxygen atoms in total. The minimum Gasteiger partial charge on any atom is -0.331 e. The summed E-state index contributed by atoms with van der Waals surface area (Å²) >= 11 is 0. The first-order chi connectivity index (χ1) is 20.6. The van der Waals surface area contributed by atoms with E-state index in [1.54, 1.807) is 0 Å². The molecule has 8 rings (SSSR count).